The van der Waals surface area contributed by atoms with E-state index in [1.807, 2.05) is 19.1 Å². The van der Waals surface area contributed by atoms with Gasteiger partial charge in [-0.1, -0.05) is 52.0 Å². The average molecular weight is 447 g/mol. The Kier molecular flexibility index (Phi) is 6.58. The first kappa shape index (κ1) is 23.4. The van der Waals surface area contributed by atoms with Crippen molar-refractivity contribution in [2.24, 2.45) is 5.41 Å². The molecule has 1 aliphatic heterocycles. The standard InChI is InChI=1S/C24H31FN2O3S/c1-23(2,3)19-7-11-21(12-8-19)31(29,30)27-15-13-24(4,14-16-27)22(28)26-17-18-5-9-20(25)10-6-18/h5-12H,13-17H2,1-4H3,(H,26,28). The molecular weight excluding hydrogens is 415 g/mol. The van der Waals surface area contributed by atoms with Crippen LogP contribution in [0, 0.1) is 11.2 Å². The Morgan fingerprint density at radius 3 is 2.10 bits per heavy atom. The van der Waals surface area contributed by atoms with Crippen LogP contribution in [-0.2, 0) is 26.8 Å². The van der Waals surface area contributed by atoms with Gasteiger partial charge in [-0.3, -0.25) is 4.79 Å². The van der Waals surface area contributed by atoms with Crippen LogP contribution in [0.4, 0.5) is 4.39 Å². The van der Waals surface area contributed by atoms with Crippen LogP contribution in [0.25, 0.3) is 0 Å². The van der Waals surface area contributed by atoms with E-state index in [0.717, 1.165) is 11.1 Å². The van der Waals surface area contributed by atoms with Crippen molar-refractivity contribution in [2.75, 3.05) is 13.1 Å². The molecule has 3 rings (SSSR count). The first-order chi connectivity index (χ1) is 14.4. The first-order valence-electron chi connectivity index (χ1n) is 10.6. The molecule has 0 radical (unpaired) electrons. The Labute approximate surface area is 184 Å². The molecule has 0 unspecified atom stereocenters. The third-order valence-corrected chi connectivity index (χ3v) is 8.01. The summed E-state index contributed by atoms with van der Waals surface area (Å²) in [5.41, 5.74) is 1.21. The molecule has 1 heterocycles. The number of amides is 1. The van der Waals surface area contributed by atoms with Crippen LogP contribution in [-0.4, -0.2) is 31.7 Å². The minimum atomic E-state index is -3.59. The molecule has 31 heavy (non-hydrogen) atoms. The number of carbonyl (C=O) groups excluding carboxylic acids is 1. The zero-order chi connectivity index (χ0) is 22.9. The minimum Gasteiger partial charge on any atom is -0.352 e. The number of piperidine rings is 1. The van der Waals surface area contributed by atoms with Crippen molar-refractivity contribution in [3.05, 3.63) is 65.5 Å². The summed E-state index contributed by atoms with van der Waals surface area (Å²) in [6, 6.07) is 13.1. The van der Waals surface area contributed by atoms with E-state index in [0.29, 0.717) is 32.5 Å². The smallest absolute Gasteiger partial charge is 0.243 e. The fraction of sp³-hybridized carbons (Fsp3) is 0.458. The van der Waals surface area contributed by atoms with Gasteiger partial charge in [-0.25, -0.2) is 12.8 Å². The van der Waals surface area contributed by atoms with Gasteiger partial charge in [-0.2, -0.15) is 4.31 Å². The molecule has 0 atom stereocenters. The summed E-state index contributed by atoms with van der Waals surface area (Å²) in [7, 11) is -3.59. The van der Waals surface area contributed by atoms with Gasteiger partial charge < -0.3 is 5.32 Å². The second-order valence-electron chi connectivity index (χ2n) is 9.55. The number of nitrogens with zero attached hydrogens (tertiary/aromatic N) is 1. The van der Waals surface area contributed by atoms with E-state index in [-0.39, 0.29) is 22.0 Å². The van der Waals surface area contributed by atoms with Crippen LogP contribution in [0.15, 0.2) is 53.4 Å². The van der Waals surface area contributed by atoms with Gasteiger partial charge in [0.2, 0.25) is 15.9 Å². The van der Waals surface area contributed by atoms with Crippen LogP contribution in [0.1, 0.15) is 51.7 Å². The molecule has 1 aliphatic rings. The van der Waals surface area contributed by atoms with Gasteiger partial charge in [-0.15, -0.1) is 0 Å². The van der Waals surface area contributed by atoms with Crippen LogP contribution < -0.4 is 5.32 Å². The fourth-order valence-electron chi connectivity index (χ4n) is 3.72. The lowest BCUT2D eigenvalue weighted by Crippen LogP contribution is -2.48. The van der Waals surface area contributed by atoms with Crippen LogP contribution >= 0.6 is 0 Å². The summed E-state index contributed by atoms with van der Waals surface area (Å²) in [6.45, 7) is 9.04. The predicted octanol–water partition coefficient (Wildman–Crippen LogP) is 4.23. The van der Waals surface area contributed by atoms with Gasteiger partial charge in [-0.05, 0) is 53.6 Å². The number of halogens is 1. The van der Waals surface area contributed by atoms with Crippen molar-refractivity contribution >= 4 is 15.9 Å². The van der Waals surface area contributed by atoms with Gasteiger partial charge in [0, 0.05) is 25.0 Å². The summed E-state index contributed by atoms with van der Waals surface area (Å²) >= 11 is 0. The Hall–Kier alpha value is -2.25. The van der Waals surface area contributed by atoms with Gasteiger partial charge >= 0.3 is 0 Å². The fourth-order valence-corrected chi connectivity index (χ4v) is 5.16. The molecule has 0 spiro atoms. The Morgan fingerprint density at radius 1 is 1.03 bits per heavy atom. The quantitative estimate of drug-likeness (QED) is 0.747. The number of benzene rings is 2. The maximum atomic E-state index is 13.1. The Bertz CT molecular complexity index is 1020. The van der Waals surface area contributed by atoms with Gasteiger partial charge in [0.05, 0.1) is 4.90 Å². The largest absolute Gasteiger partial charge is 0.352 e. The van der Waals surface area contributed by atoms with Crippen molar-refractivity contribution in [1.29, 1.82) is 0 Å². The highest BCUT2D eigenvalue weighted by Crippen LogP contribution is 2.34. The lowest BCUT2D eigenvalue weighted by molar-refractivity contribution is -0.132. The van der Waals surface area contributed by atoms with E-state index in [4.69, 9.17) is 0 Å². The van der Waals surface area contributed by atoms with Gasteiger partial charge in [0.1, 0.15) is 5.82 Å². The number of nitrogens with one attached hydrogen (secondary N) is 1. The third kappa shape index (κ3) is 5.33. The molecule has 0 aromatic heterocycles. The van der Waals surface area contributed by atoms with Crippen molar-refractivity contribution in [3.63, 3.8) is 0 Å². The molecular formula is C24H31FN2O3S. The summed E-state index contributed by atoms with van der Waals surface area (Å²) in [4.78, 5) is 13.0. The zero-order valence-electron chi connectivity index (χ0n) is 18.6. The summed E-state index contributed by atoms with van der Waals surface area (Å²) in [6.07, 6.45) is 0.892. The number of rotatable bonds is 5. The van der Waals surface area contributed by atoms with Gasteiger partial charge in [0.15, 0.2) is 0 Å². The zero-order valence-corrected chi connectivity index (χ0v) is 19.4. The molecule has 1 fully saturated rings. The van der Waals surface area contributed by atoms with Crippen LogP contribution in [0.2, 0.25) is 0 Å². The maximum Gasteiger partial charge on any atom is 0.243 e. The van der Waals surface area contributed by atoms with Crippen molar-refractivity contribution < 1.29 is 17.6 Å². The highest BCUT2D eigenvalue weighted by Gasteiger charge is 2.40. The Morgan fingerprint density at radius 2 is 1.58 bits per heavy atom. The van der Waals surface area contributed by atoms with E-state index >= 15 is 0 Å². The van der Waals surface area contributed by atoms with E-state index in [1.165, 1.54) is 16.4 Å². The molecule has 1 N–H and O–H groups in total. The molecule has 2 aromatic rings. The lowest BCUT2D eigenvalue weighted by Gasteiger charge is -2.37. The van der Waals surface area contributed by atoms with Crippen LogP contribution in [0.5, 0.6) is 0 Å². The van der Waals surface area contributed by atoms with Crippen molar-refractivity contribution in [2.45, 2.75) is 57.4 Å². The summed E-state index contributed by atoms with van der Waals surface area (Å²) < 4.78 is 40.6. The van der Waals surface area contributed by atoms with Crippen molar-refractivity contribution in [1.82, 2.24) is 9.62 Å². The summed E-state index contributed by atoms with van der Waals surface area (Å²) in [5, 5.41) is 2.90. The average Bonchev–Trinajstić information content (AvgIpc) is 2.73. The topological polar surface area (TPSA) is 66.5 Å². The summed E-state index contributed by atoms with van der Waals surface area (Å²) in [5.74, 6) is -0.424. The van der Waals surface area contributed by atoms with E-state index in [9.17, 15) is 17.6 Å². The molecule has 1 amide bonds. The van der Waals surface area contributed by atoms with Crippen LogP contribution in [0.3, 0.4) is 0 Å². The molecule has 0 bridgehead atoms. The van der Waals surface area contributed by atoms with Gasteiger partial charge in [0.25, 0.3) is 0 Å². The number of carbonyl (C=O) groups is 1. The van der Waals surface area contributed by atoms with E-state index in [2.05, 4.69) is 26.1 Å². The maximum absolute atomic E-state index is 13.1. The monoisotopic (exact) mass is 446 g/mol. The number of sulfonamides is 1. The molecule has 1 saturated heterocycles. The minimum absolute atomic E-state index is 0.0451. The molecule has 2 aromatic carbocycles. The number of hydrogen-bond donors (Lipinski definition) is 1. The second-order valence-corrected chi connectivity index (χ2v) is 11.5. The molecule has 0 saturated carbocycles. The highest BCUT2D eigenvalue weighted by molar-refractivity contribution is 7.89. The SMILES string of the molecule is CC1(C(=O)NCc2ccc(F)cc2)CCN(S(=O)(=O)c2ccc(C(C)(C)C)cc2)CC1. The second kappa shape index (κ2) is 8.71. The lowest BCUT2D eigenvalue weighted by atomic mass is 9.80. The molecule has 0 aliphatic carbocycles. The first-order valence-corrected chi connectivity index (χ1v) is 12.0. The Balaban J connectivity index is 1.61. The normalized spacial score (nSPS) is 17.3. The van der Waals surface area contributed by atoms with E-state index in [1.54, 1.807) is 24.3 Å². The third-order valence-electron chi connectivity index (χ3n) is 6.10. The molecule has 5 nitrogen and oxygen atoms in total. The molecule has 168 valence electrons. The van der Waals surface area contributed by atoms with Crippen molar-refractivity contribution in [3.8, 4) is 0 Å². The predicted molar refractivity (Wildman–Crippen MR) is 119 cm³/mol. The number of hydrogen-bond acceptors (Lipinski definition) is 3. The van der Waals surface area contributed by atoms with E-state index < -0.39 is 15.4 Å². The highest BCUT2D eigenvalue weighted by atomic mass is 32.2. The molecule has 7 heteroatoms.